The lowest BCUT2D eigenvalue weighted by molar-refractivity contribution is 0.0943. The van der Waals surface area contributed by atoms with Crippen LogP contribution >= 0.6 is 0 Å². The molecule has 1 fully saturated rings. The third-order valence-electron chi connectivity index (χ3n) is 3.88. The Morgan fingerprint density at radius 2 is 2.06 bits per heavy atom. The third-order valence-corrected chi connectivity index (χ3v) is 5.52. The summed E-state index contributed by atoms with van der Waals surface area (Å²) < 4.78 is 28.3. The SMILES string of the molecule is COC(C)CC(N)C1CCCC(S(C)(=O)=O)C1. The van der Waals surface area contributed by atoms with Gasteiger partial charge in [-0.15, -0.1) is 0 Å². The van der Waals surface area contributed by atoms with E-state index in [9.17, 15) is 8.42 Å². The van der Waals surface area contributed by atoms with E-state index in [1.54, 1.807) is 7.11 Å². The molecule has 0 aromatic carbocycles. The van der Waals surface area contributed by atoms with Crippen LogP contribution in [0.5, 0.6) is 0 Å². The first-order chi connectivity index (χ1) is 7.84. The zero-order valence-corrected chi connectivity index (χ0v) is 11.9. The van der Waals surface area contributed by atoms with E-state index in [-0.39, 0.29) is 17.4 Å². The van der Waals surface area contributed by atoms with Crippen LogP contribution in [0.2, 0.25) is 0 Å². The van der Waals surface area contributed by atoms with Gasteiger partial charge in [0.15, 0.2) is 0 Å². The highest BCUT2D eigenvalue weighted by Gasteiger charge is 2.32. The second-order valence-electron chi connectivity index (χ2n) is 5.32. The largest absolute Gasteiger partial charge is 0.382 e. The zero-order chi connectivity index (χ0) is 13.1. The van der Waals surface area contributed by atoms with Gasteiger partial charge in [-0.25, -0.2) is 8.42 Å². The van der Waals surface area contributed by atoms with Crippen LogP contribution in [0.3, 0.4) is 0 Å². The van der Waals surface area contributed by atoms with Gasteiger partial charge in [0.1, 0.15) is 9.84 Å². The average Bonchev–Trinajstić information content (AvgIpc) is 2.28. The summed E-state index contributed by atoms with van der Waals surface area (Å²) in [6.07, 6.45) is 5.81. The lowest BCUT2D eigenvalue weighted by Gasteiger charge is -2.32. The fraction of sp³-hybridized carbons (Fsp3) is 1.00. The Morgan fingerprint density at radius 3 is 2.59 bits per heavy atom. The number of hydrogen-bond donors (Lipinski definition) is 1. The number of rotatable bonds is 5. The van der Waals surface area contributed by atoms with E-state index in [0.717, 1.165) is 32.1 Å². The molecule has 1 aliphatic carbocycles. The Bertz CT molecular complexity index is 329. The standard InChI is InChI=1S/C12H25NO3S/c1-9(16-2)7-12(13)10-5-4-6-11(8-10)17(3,14)15/h9-12H,4-8,13H2,1-3H3. The molecule has 5 heteroatoms. The van der Waals surface area contributed by atoms with Crippen molar-refractivity contribution in [2.45, 2.75) is 56.4 Å². The van der Waals surface area contributed by atoms with Crippen LogP contribution in [0, 0.1) is 5.92 Å². The first-order valence-electron chi connectivity index (χ1n) is 6.31. The van der Waals surface area contributed by atoms with E-state index in [0.29, 0.717) is 5.92 Å². The monoisotopic (exact) mass is 263 g/mol. The third kappa shape index (κ3) is 4.56. The van der Waals surface area contributed by atoms with Crippen LogP contribution < -0.4 is 5.73 Å². The molecule has 0 bridgehead atoms. The minimum Gasteiger partial charge on any atom is -0.382 e. The topological polar surface area (TPSA) is 69.4 Å². The van der Waals surface area contributed by atoms with Crippen LogP contribution in [0.25, 0.3) is 0 Å². The molecule has 4 unspecified atom stereocenters. The summed E-state index contributed by atoms with van der Waals surface area (Å²) >= 11 is 0. The second-order valence-corrected chi connectivity index (χ2v) is 7.65. The predicted octanol–water partition coefficient (Wildman–Crippen LogP) is 1.34. The van der Waals surface area contributed by atoms with E-state index in [1.807, 2.05) is 6.92 Å². The molecule has 0 saturated heterocycles. The molecule has 1 aliphatic rings. The van der Waals surface area contributed by atoms with Crippen LogP contribution in [0.1, 0.15) is 39.0 Å². The summed E-state index contributed by atoms with van der Waals surface area (Å²) in [7, 11) is -1.24. The smallest absolute Gasteiger partial charge is 0.150 e. The molecule has 4 atom stereocenters. The molecule has 0 aromatic heterocycles. The summed E-state index contributed by atoms with van der Waals surface area (Å²) in [6, 6.07) is 0.0505. The molecule has 0 amide bonds. The number of methoxy groups -OCH3 is 1. The van der Waals surface area contributed by atoms with Crippen LogP contribution in [-0.4, -0.2) is 39.2 Å². The molecule has 0 heterocycles. The van der Waals surface area contributed by atoms with Crippen LogP contribution in [0.15, 0.2) is 0 Å². The Kier molecular flexibility index (Phi) is 5.41. The maximum atomic E-state index is 11.6. The van der Waals surface area contributed by atoms with Crippen molar-refractivity contribution >= 4 is 9.84 Å². The fourth-order valence-corrected chi connectivity index (χ4v) is 3.82. The maximum Gasteiger partial charge on any atom is 0.150 e. The first kappa shape index (κ1) is 14.9. The van der Waals surface area contributed by atoms with E-state index in [2.05, 4.69) is 0 Å². The van der Waals surface area contributed by atoms with Crippen molar-refractivity contribution in [1.29, 1.82) is 0 Å². The number of nitrogens with two attached hydrogens (primary N) is 1. The fourth-order valence-electron chi connectivity index (χ4n) is 2.63. The van der Waals surface area contributed by atoms with Crippen molar-refractivity contribution < 1.29 is 13.2 Å². The van der Waals surface area contributed by atoms with Crippen molar-refractivity contribution in [1.82, 2.24) is 0 Å². The van der Waals surface area contributed by atoms with E-state index in [4.69, 9.17) is 10.5 Å². The van der Waals surface area contributed by atoms with Gasteiger partial charge in [-0.3, -0.25) is 0 Å². The minimum absolute atomic E-state index is 0.0505. The molecule has 0 aliphatic heterocycles. The highest BCUT2D eigenvalue weighted by molar-refractivity contribution is 7.91. The molecule has 102 valence electrons. The zero-order valence-electron chi connectivity index (χ0n) is 11.1. The summed E-state index contributed by atoms with van der Waals surface area (Å²) in [5.41, 5.74) is 6.16. The Hall–Kier alpha value is -0.130. The molecule has 2 N–H and O–H groups in total. The number of hydrogen-bond acceptors (Lipinski definition) is 4. The van der Waals surface area contributed by atoms with E-state index in [1.165, 1.54) is 6.26 Å². The van der Waals surface area contributed by atoms with Gasteiger partial charge in [0.05, 0.1) is 11.4 Å². The normalized spacial score (nSPS) is 29.9. The first-order valence-corrected chi connectivity index (χ1v) is 8.27. The lowest BCUT2D eigenvalue weighted by atomic mass is 9.82. The van der Waals surface area contributed by atoms with Crippen molar-refractivity contribution in [2.24, 2.45) is 11.7 Å². The van der Waals surface area contributed by atoms with Crippen molar-refractivity contribution in [3.8, 4) is 0 Å². The van der Waals surface area contributed by atoms with E-state index >= 15 is 0 Å². The molecular formula is C12H25NO3S. The maximum absolute atomic E-state index is 11.6. The molecule has 0 spiro atoms. The van der Waals surface area contributed by atoms with E-state index < -0.39 is 9.84 Å². The van der Waals surface area contributed by atoms with Gasteiger partial charge in [-0.2, -0.15) is 0 Å². The molecule has 4 nitrogen and oxygen atoms in total. The average molecular weight is 263 g/mol. The number of ether oxygens (including phenoxy) is 1. The van der Waals surface area contributed by atoms with Crippen molar-refractivity contribution in [3.05, 3.63) is 0 Å². The Labute approximate surface area is 105 Å². The summed E-state index contributed by atoms with van der Waals surface area (Å²) in [4.78, 5) is 0. The highest BCUT2D eigenvalue weighted by Crippen LogP contribution is 2.31. The number of sulfone groups is 1. The van der Waals surface area contributed by atoms with Gasteiger partial charge in [-0.05, 0) is 38.5 Å². The van der Waals surface area contributed by atoms with Gasteiger partial charge in [0, 0.05) is 19.4 Å². The van der Waals surface area contributed by atoms with Crippen LogP contribution in [-0.2, 0) is 14.6 Å². The van der Waals surface area contributed by atoms with Crippen molar-refractivity contribution in [3.63, 3.8) is 0 Å². The quantitative estimate of drug-likeness (QED) is 0.812. The van der Waals surface area contributed by atoms with Gasteiger partial charge >= 0.3 is 0 Å². The molecule has 1 saturated carbocycles. The summed E-state index contributed by atoms with van der Waals surface area (Å²) in [5.74, 6) is 0.320. The molecule has 0 aromatic rings. The minimum atomic E-state index is -2.91. The molecule has 1 rings (SSSR count). The second kappa shape index (κ2) is 6.16. The lowest BCUT2D eigenvalue weighted by Crippen LogP contribution is -2.39. The predicted molar refractivity (Wildman–Crippen MR) is 69.7 cm³/mol. The van der Waals surface area contributed by atoms with Gasteiger partial charge in [-0.1, -0.05) is 6.42 Å². The van der Waals surface area contributed by atoms with Crippen LogP contribution in [0.4, 0.5) is 0 Å². The Morgan fingerprint density at radius 1 is 1.41 bits per heavy atom. The Balaban J connectivity index is 2.54. The highest BCUT2D eigenvalue weighted by atomic mass is 32.2. The summed E-state index contributed by atoms with van der Waals surface area (Å²) in [5, 5.41) is -0.190. The van der Waals surface area contributed by atoms with Gasteiger partial charge < -0.3 is 10.5 Å². The molecule has 0 radical (unpaired) electrons. The molecule has 17 heavy (non-hydrogen) atoms. The molecular weight excluding hydrogens is 238 g/mol. The summed E-state index contributed by atoms with van der Waals surface area (Å²) in [6.45, 7) is 2.00. The van der Waals surface area contributed by atoms with Gasteiger partial charge in [0.2, 0.25) is 0 Å². The van der Waals surface area contributed by atoms with Crippen molar-refractivity contribution in [2.75, 3.05) is 13.4 Å². The van der Waals surface area contributed by atoms with Gasteiger partial charge in [0.25, 0.3) is 0 Å².